The van der Waals surface area contributed by atoms with Crippen LogP contribution in [0.1, 0.15) is 23.8 Å². The molecule has 0 N–H and O–H groups in total. The fourth-order valence-electron chi connectivity index (χ4n) is 3.64. The Hall–Kier alpha value is -2.80. The van der Waals surface area contributed by atoms with Crippen molar-refractivity contribution < 1.29 is 9.21 Å². The number of allylic oxidation sites excluding steroid dienone is 1. The van der Waals surface area contributed by atoms with E-state index in [0.717, 1.165) is 30.1 Å². The number of thioether (sulfide) groups is 1. The van der Waals surface area contributed by atoms with Gasteiger partial charge in [0.2, 0.25) is 5.91 Å². The number of rotatable bonds is 6. The zero-order valence-corrected chi connectivity index (χ0v) is 17.5. The minimum absolute atomic E-state index is 0.124. The van der Waals surface area contributed by atoms with E-state index in [0.29, 0.717) is 18.2 Å². The third-order valence-electron chi connectivity index (χ3n) is 5.20. The SMILES string of the molecule is C=CCn1c(SC(C)C(=O)N2CCc3ccccc3C2)nnc1-c1ccoc1C. The highest BCUT2D eigenvalue weighted by Gasteiger charge is 2.27. The van der Waals surface area contributed by atoms with Gasteiger partial charge in [-0.25, -0.2) is 0 Å². The molecule has 29 heavy (non-hydrogen) atoms. The molecular weight excluding hydrogens is 384 g/mol. The Morgan fingerprint density at radius 2 is 2.10 bits per heavy atom. The third-order valence-corrected chi connectivity index (χ3v) is 6.27. The van der Waals surface area contributed by atoms with Crippen LogP contribution in [0.15, 0.2) is 58.8 Å². The smallest absolute Gasteiger partial charge is 0.236 e. The summed E-state index contributed by atoms with van der Waals surface area (Å²) >= 11 is 1.44. The molecule has 0 saturated heterocycles. The summed E-state index contributed by atoms with van der Waals surface area (Å²) in [6.07, 6.45) is 4.35. The second kappa shape index (κ2) is 8.29. The maximum atomic E-state index is 13.1. The van der Waals surface area contributed by atoms with Crippen LogP contribution < -0.4 is 0 Å². The van der Waals surface area contributed by atoms with Crippen LogP contribution >= 0.6 is 11.8 Å². The molecule has 4 rings (SSSR count). The van der Waals surface area contributed by atoms with Crippen molar-refractivity contribution in [3.8, 4) is 11.4 Å². The lowest BCUT2D eigenvalue weighted by Gasteiger charge is -2.30. The van der Waals surface area contributed by atoms with E-state index < -0.39 is 0 Å². The van der Waals surface area contributed by atoms with Gasteiger partial charge < -0.3 is 9.32 Å². The average Bonchev–Trinajstić information content (AvgIpc) is 3.33. The highest BCUT2D eigenvalue weighted by molar-refractivity contribution is 8.00. The van der Waals surface area contributed by atoms with Crippen molar-refractivity contribution in [2.45, 2.75) is 43.8 Å². The molecular formula is C22H24N4O2S. The van der Waals surface area contributed by atoms with Crippen LogP contribution in [0.2, 0.25) is 0 Å². The van der Waals surface area contributed by atoms with E-state index in [9.17, 15) is 4.79 Å². The maximum Gasteiger partial charge on any atom is 0.236 e. The molecule has 3 aromatic rings. The molecule has 0 bridgehead atoms. The summed E-state index contributed by atoms with van der Waals surface area (Å²) in [6, 6.07) is 10.2. The Balaban J connectivity index is 1.52. The molecule has 6 nitrogen and oxygen atoms in total. The molecule has 0 aliphatic carbocycles. The van der Waals surface area contributed by atoms with E-state index in [1.165, 1.54) is 22.9 Å². The predicted molar refractivity (Wildman–Crippen MR) is 114 cm³/mol. The minimum Gasteiger partial charge on any atom is -0.469 e. The number of aromatic nitrogens is 3. The lowest BCUT2D eigenvalue weighted by molar-refractivity contribution is -0.131. The first-order chi connectivity index (χ1) is 14.1. The van der Waals surface area contributed by atoms with Crippen molar-refractivity contribution in [1.29, 1.82) is 0 Å². The molecule has 1 amide bonds. The lowest BCUT2D eigenvalue weighted by Crippen LogP contribution is -2.40. The molecule has 150 valence electrons. The number of fused-ring (bicyclic) bond motifs is 1. The Bertz CT molecular complexity index is 1040. The van der Waals surface area contributed by atoms with E-state index in [1.54, 1.807) is 12.3 Å². The molecule has 3 heterocycles. The molecule has 1 atom stereocenters. The van der Waals surface area contributed by atoms with Gasteiger partial charge in [-0.1, -0.05) is 42.1 Å². The molecule has 0 saturated carbocycles. The van der Waals surface area contributed by atoms with Crippen molar-refractivity contribution >= 4 is 17.7 Å². The number of benzene rings is 1. The van der Waals surface area contributed by atoms with Crippen LogP contribution in [0.4, 0.5) is 0 Å². The van der Waals surface area contributed by atoms with Gasteiger partial charge in [0.15, 0.2) is 11.0 Å². The fourth-order valence-corrected chi connectivity index (χ4v) is 4.58. The second-order valence-corrected chi connectivity index (χ2v) is 8.44. The fraction of sp³-hybridized carbons (Fsp3) is 0.318. The molecule has 7 heteroatoms. The number of furan rings is 1. The summed E-state index contributed by atoms with van der Waals surface area (Å²) in [5, 5.41) is 9.15. The van der Waals surface area contributed by atoms with Gasteiger partial charge in [-0.2, -0.15) is 0 Å². The molecule has 0 spiro atoms. The molecule has 2 aromatic heterocycles. The number of nitrogens with zero attached hydrogens (tertiary/aromatic N) is 4. The summed E-state index contributed by atoms with van der Waals surface area (Å²) in [4.78, 5) is 15.0. The van der Waals surface area contributed by atoms with Crippen LogP contribution in [-0.2, 0) is 24.3 Å². The Labute approximate surface area is 174 Å². The van der Waals surface area contributed by atoms with E-state index >= 15 is 0 Å². The quantitative estimate of drug-likeness (QED) is 0.454. The Morgan fingerprint density at radius 1 is 1.31 bits per heavy atom. The van der Waals surface area contributed by atoms with Gasteiger partial charge in [0, 0.05) is 19.6 Å². The predicted octanol–water partition coefficient (Wildman–Crippen LogP) is 4.10. The number of hydrogen-bond donors (Lipinski definition) is 0. The molecule has 0 fully saturated rings. The standard InChI is InChI=1S/C22H24N4O2S/c1-4-11-26-20(19-10-13-28-15(19)2)23-24-22(26)29-16(3)21(27)25-12-9-17-7-5-6-8-18(17)14-25/h4-8,10,13,16H,1,9,11-12,14H2,2-3H3. The van der Waals surface area contributed by atoms with Crippen LogP contribution in [0, 0.1) is 6.92 Å². The zero-order chi connectivity index (χ0) is 20.4. The normalized spacial score (nSPS) is 14.5. The molecule has 1 unspecified atom stereocenters. The number of carbonyl (C=O) groups excluding carboxylic acids is 1. The number of aryl methyl sites for hydroxylation is 1. The largest absolute Gasteiger partial charge is 0.469 e. The number of amides is 1. The number of hydrogen-bond acceptors (Lipinski definition) is 5. The Kier molecular flexibility index (Phi) is 5.58. The molecule has 1 aromatic carbocycles. The van der Waals surface area contributed by atoms with Crippen molar-refractivity contribution in [3.05, 3.63) is 66.1 Å². The first-order valence-corrected chi connectivity index (χ1v) is 10.6. The van der Waals surface area contributed by atoms with E-state index in [1.807, 2.05) is 35.4 Å². The molecule has 1 aliphatic heterocycles. The van der Waals surface area contributed by atoms with Crippen LogP contribution in [0.3, 0.4) is 0 Å². The van der Waals surface area contributed by atoms with Gasteiger partial charge in [0.25, 0.3) is 0 Å². The van der Waals surface area contributed by atoms with Gasteiger partial charge in [-0.3, -0.25) is 9.36 Å². The zero-order valence-electron chi connectivity index (χ0n) is 16.7. The van der Waals surface area contributed by atoms with Gasteiger partial charge in [0.1, 0.15) is 5.76 Å². The highest BCUT2D eigenvalue weighted by Crippen LogP contribution is 2.30. The highest BCUT2D eigenvalue weighted by atomic mass is 32.2. The summed E-state index contributed by atoms with van der Waals surface area (Å²) in [5.41, 5.74) is 3.47. The lowest BCUT2D eigenvalue weighted by atomic mass is 10.00. The summed E-state index contributed by atoms with van der Waals surface area (Å²) < 4.78 is 7.39. The Morgan fingerprint density at radius 3 is 2.83 bits per heavy atom. The number of carbonyl (C=O) groups is 1. The minimum atomic E-state index is -0.258. The van der Waals surface area contributed by atoms with Crippen LogP contribution in [0.25, 0.3) is 11.4 Å². The first-order valence-electron chi connectivity index (χ1n) is 9.69. The third kappa shape index (κ3) is 3.87. The van der Waals surface area contributed by atoms with Crippen molar-refractivity contribution in [1.82, 2.24) is 19.7 Å². The molecule has 0 radical (unpaired) electrons. The summed E-state index contributed by atoms with van der Waals surface area (Å²) in [7, 11) is 0. The van der Waals surface area contributed by atoms with Crippen molar-refractivity contribution in [2.24, 2.45) is 0 Å². The van der Waals surface area contributed by atoms with Crippen LogP contribution in [-0.4, -0.2) is 37.4 Å². The van der Waals surface area contributed by atoms with Crippen molar-refractivity contribution in [3.63, 3.8) is 0 Å². The summed E-state index contributed by atoms with van der Waals surface area (Å²) in [6.45, 7) is 9.66. The van der Waals surface area contributed by atoms with Gasteiger partial charge >= 0.3 is 0 Å². The molecule has 1 aliphatic rings. The monoisotopic (exact) mass is 408 g/mol. The average molecular weight is 409 g/mol. The maximum absolute atomic E-state index is 13.1. The van der Waals surface area contributed by atoms with Gasteiger partial charge in [-0.15, -0.1) is 16.8 Å². The first kappa shape index (κ1) is 19.5. The summed E-state index contributed by atoms with van der Waals surface area (Å²) in [5.74, 6) is 1.64. The topological polar surface area (TPSA) is 64.2 Å². The van der Waals surface area contributed by atoms with Crippen LogP contribution in [0.5, 0.6) is 0 Å². The van der Waals surface area contributed by atoms with Gasteiger partial charge in [-0.05, 0) is 37.5 Å². The van der Waals surface area contributed by atoms with E-state index in [4.69, 9.17) is 4.42 Å². The van der Waals surface area contributed by atoms with E-state index in [2.05, 4.69) is 35.0 Å². The van der Waals surface area contributed by atoms with E-state index in [-0.39, 0.29) is 11.2 Å². The van der Waals surface area contributed by atoms with Gasteiger partial charge in [0.05, 0.1) is 17.1 Å². The second-order valence-electron chi connectivity index (χ2n) is 7.13. The van der Waals surface area contributed by atoms with Crippen molar-refractivity contribution in [2.75, 3.05) is 6.54 Å².